The number of benzene rings is 2. The molecule has 0 radical (unpaired) electrons. The average Bonchev–Trinajstić information content (AvgIpc) is 2.63. The minimum Gasteiger partial charge on any atom is -0.282 e. The number of allylic oxidation sites excluding steroid dienone is 1. The molecular formula is C21H22Cl2OS2. The zero-order valence-corrected chi connectivity index (χ0v) is 18.1. The zero-order valence-electron chi connectivity index (χ0n) is 14.9. The highest BCUT2D eigenvalue weighted by Crippen LogP contribution is 2.37. The highest BCUT2D eigenvalue weighted by atomic mass is 35.5. The number of carbonyl (C=O) groups is 1. The first-order chi connectivity index (χ1) is 12.5. The second-order valence-electron chi connectivity index (χ2n) is 5.80. The molecule has 0 aliphatic rings. The van der Waals surface area contributed by atoms with Gasteiger partial charge >= 0.3 is 0 Å². The maximum atomic E-state index is 13.0. The van der Waals surface area contributed by atoms with Crippen molar-refractivity contribution in [3.8, 4) is 0 Å². The molecule has 0 spiro atoms. The van der Waals surface area contributed by atoms with Gasteiger partial charge in [-0.3, -0.25) is 4.79 Å². The lowest BCUT2D eigenvalue weighted by Crippen LogP contribution is -2.01. The normalized spacial score (nSPS) is 12.0. The monoisotopic (exact) mass is 424 g/mol. The Bertz CT molecular complexity index is 753. The van der Waals surface area contributed by atoms with Crippen LogP contribution in [0.15, 0.2) is 68.8 Å². The lowest BCUT2D eigenvalue weighted by atomic mass is 10.1. The minimum atomic E-state index is 0.124. The summed E-state index contributed by atoms with van der Waals surface area (Å²) in [5, 5.41) is 1.52. The summed E-state index contributed by atoms with van der Waals surface area (Å²) < 4.78 is 0. The Morgan fingerprint density at radius 2 is 1.23 bits per heavy atom. The van der Waals surface area contributed by atoms with Gasteiger partial charge in [0, 0.05) is 25.4 Å². The van der Waals surface area contributed by atoms with Crippen molar-refractivity contribution in [2.24, 2.45) is 0 Å². The van der Waals surface area contributed by atoms with Crippen LogP contribution in [0.2, 0.25) is 10.0 Å². The Balaban J connectivity index is 2.27. The molecule has 138 valence electrons. The van der Waals surface area contributed by atoms with Crippen molar-refractivity contribution in [2.45, 2.75) is 49.3 Å². The van der Waals surface area contributed by atoms with E-state index in [0.29, 0.717) is 5.02 Å². The van der Waals surface area contributed by atoms with Gasteiger partial charge in [-0.05, 0) is 78.0 Å². The van der Waals surface area contributed by atoms with E-state index < -0.39 is 0 Å². The topological polar surface area (TPSA) is 17.1 Å². The van der Waals surface area contributed by atoms with Crippen LogP contribution >= 0.6 is 46.7 Å². The molecular weight excluding hydrogens is 403 g/mol. The van der Waals surface area contributed by atoms with Crippen molar-refractivity contribution in [1.82, 2.24) is 0 Å². The second-order valence-corrected chi connectivity index (χ2v) is 8.89. The maximum absolute atomic E-state index is 13.0. The molecule has 2 rings (SSSR count). The van der Waals surface area contributed by atoms with Gasteiger partial charge in [0.2, 0.25) is 5.12 Å². The van der Waals surface area contributed by atoms with Gasteiger partial charge in [0.15, 0.2) is 0 Å². The van der Waals surface area contributed by atoms with Crippen LogP contribution in [0.1, 0.15) is 39.5 Å². The molecule has 1 nitrogen and oxygen atoms in total. The van der Waals surface area contributed by atoms with Crippen LogP contribution in [0.25, 0.3) is 0 Å². The maximum Gasteiger partial charge on any atom is 0.220 e. The van der Waals surface area contributed by atoms with Crippen LogP contribution in [0, 0.1) is 0 Å². The van der Waals surface area contributed by atoms with E-state index in [1.54, 1.807) is 11.8 Å². The first kappa shape index (κ1) is 21.4. The molecule has 0 aliphatic carbocycles. The van der Waals surface area contributed by atoms with Gasteiger partial charge in [0.1, 0.15) is 0 Å². The van der Waals surface area contributed by atoms with Crippen molar-refractivity contribution >= 4 is 51.8 Å². The summed E-state index contributed by atoms with van der Waals surface area (Å²) in [7, 11) is 0. The molecule has 0 amide bonds. The fourth-order valence-electron chi connectivity index (χ4n) is 2.41. The van der Waals surface area contributed by atoms with E-state index in [1.807, 2.05) is 48.5 Å². The van der Waals surface area contributed by atoms with E-state index >= 15 is 0 Å². The van der Waals surface area contributed by atoms with E-state index in [1.165, 1.54) is 11.8 Å². The summed E-state index contributed by atoms with van der Waals surface area (Å²) in [6.45, 7) is 4.25. The quantitative estimate of drug-likeness (QED) is 0.313. The van der Waals surface area contributed by atoms with Crippen molar-refractivity contribution in [1.29, 1.82) is 0 Å². The van der Waals surface area contributed by atoms with E-state index in [2.05, 4.69) is 13.8 Å². The van der Waals surface area contributed by atoms with E-state index in [-0.39, 0.29) is 5.12 Å². The number of halogens is 2. The number of carbonyl (C=O) groups excluding carboxylic acids is 1. The van der Waals surface area contributed by atoms with Crippen molar-refractivity contribution in [2.75, 3.05) is 0 Å². The number of thioether (sulfide) groups is 2. The Kier molecular flexibility index (Phi) is 9.13. The van der Waals surface area contributed by atoms with Crippen molar-refractivity contribution in [3.63, 3.8) is 0 Å². The number of hydrogen-bond donors (Lipinski definition) is 0. The molecule has 5 heteroatoms. The smallest absolute Gasteiger partial charge is 0.220 e. The minimum absolute atomic E-state index is 0.124. The standard InChI is InChI=1S/C21H22Cl2OS2/c1-3-5-19(21(24)26-18-13-9-16(23)10-14-18)20(6-4-2)25-17-11-7-15(22)8-12-17/h7-14H,3-6H2,1-2H3/b20-19-. The molecule has 0 aromatic heterocycles. The highest BCUT2D eigenvalue weighted by Gasteiger charge is 2.17. The number of hydrogen-bond acceptors (Lipinski definition) is 3. The largest absolute Gasteiger partial charge is 0.282 e. The number of rotatable bonds is 8. The fourth-order valence-corrected chi connectivity index (χ4v) is 4.74. The molecule has 0 N–H and O–H groups in total. The van der Waals surface area contributed by atoms with Crippen LogP contribution in [-0.4, -0.2) is 5.12 Å². The third kappa shape index (κ3) is 6.70. The average molecular weight is 425 g/mol. The Morgan fingerprint density at radius 3 is 1.69 bits per heavy atom. The molecule has 0 heterocycles. The van der Waals surface area contributed by atoms with Crippen LogP contribution in [0.3, 0.4) is 0 Å². The Hall–Kier alpha value is -0.870. The molecule has 0 fully saturated rings. The van der Waals surface area contributed by atoms with Crippen molar-refractivity contribution < 1.29 is 4.79 Å². The SMILES string of the molecule is CCC/C(Sc1ccc(Cl)cc1)=C(\CCC)C(=O)Sc1ccc(Cl)cc1. The van der Waals surface area contributed by atoms with E-state index in [9.17, 15) is 4.79 Å². The summed E-state index contributed by atoms with van der Waals surface area (Å²) in [6, 6.07) is 15.2. The second kappa shape index (κ2) is 11.1. The van der Waals surface area contributed by atoms with Crippen LogP contribution < -0.4 is 0 Å². The summed E-state index contributed by atoms with van der Waals surface area (Å²) >= 11 is 14.9. The van der Waals surface area contributed by atoms with Gasteiger partial charge in [-0.15, -0.1) is 0 Å². The van der Waals surface area contributed by atoms with Gasteiger partial charge in [-0.25, -0.2) is 0 Å². The Labute approximate surface area is 174 Å². The lowest BCUT2D eigenvalue weighted by molar-refractivity contribution is -0.108. The van der Waals surface area contributed by atoms with Gasteiger partial charge in [-0.2, -0.15) is 0 Å². The molecule has 0 aliphatic heterocycles. The third-order valence-corrected chi connectivity index (χ3v) is 6.29. The molecule has 0 saturated carbocycles. The summed E-state index contributed by atoms with van der Waals surface area (Å²) in [6.07, 6.45) is 3.63. The van der Waals surface area contributed by atoms with Gasteiger partial charge in [0.25, 0.3) is 0 Å². The predicted octanol–water partition coefficient (Wildman–Crippen LogP) is 8.26. The summed E-state index contributed by atoms with van der Waals surface area (Å²) in [5.74, 6) is 0. The molecule has 2 aromatic rings. The van der Waals surface area contributed by atoms with E-state index in [4.69, 9.17) is 23.2 Å². The Morgan fingerprint density at radius 1 is 0.769 bits per heavy atom. The lowest BCUT2D eigenvalue weighted by Gasteiger charge is -2.14. The molecule has 0 saturated heterocycles. The van der Waals surface area contributed by atoms with Gasteiger partial charge in [0.05, 0.1) is 0 Å². The molecule has 26 heavy (non-hydrogen) atoms. The van der Waals surface area contributed by atoms with Crippen LogP contribution in [-0.2, 0) is 4.79 Å². The summed E-state index contributed by atoms with van der Waals surface area (Å²) in [4.78, 5) is 16.2. The zero-order chi connectivity index (χ0) is 18.9. The van der Waals surface area contributed by atoms with Gasteiger partial charge < -0.3 is 0 Å². The first-order valence-electron chi connectivity index (χ1n) is 8.66. The van der Waals surface area contributed by atoms with E-state index in [0.717, 1.165) is 51.0 Å². The fraction of sp³-hybridized carbons (Fsp3) is 0.286. The molecule has 0 unspecified atom stereocenters. The predicted molar refractivity (Wildman–Crippen MR) is 116 cm³/mol. The van der Waals surface area contributed by atoms with Crippen LogP contribution in [0.5, 0.6) is 0 Å². The summed E-state index contributed by atoms with van der Waals surface area (Å²) in [5.41, 5.74) is 0.925. The third-order valence-electron chi connectivity index (χ3n) is 3.64. The van der Waals surface area contributed by atoms with Crippen LogP contribution in [0.4, 0.5) is 0 Å². The molecule has 0 atom stereocenters. The molecule has 2 aromatic carbocycles. The highest BCUT2D eigenvalue weighted by molar-refractivity contribution is 8.14. The molecule has 0 bridgehead atoms. The first-order valence-corrected chi connectivity index (χ1v) is 11.1. The van der Waals surface area contributed by atoms with Gasteiger partial charge in [-0.1, -0.05) is 61.7 Å². The van der Waals surface area contributed by atoms with Crippen molar-refractivity contribution in [3.05, 3.63) is 69.1 Å².